The molecule has 0 saturated carbocycles. The van der Waals surface area contributed by atoms with Crippen molar-refractivity contribution in [2.24, 2.45) is 0 Å². The fraction of sp³-hybridized carbons (Fsp3) is 0.214. The van der Waals surface area contributed by atoms with Crippen LogP contribution in [0.15, 0.2) is 47.4 Å². The molecule has 0 unspecified atom stereocenters. The molecule has 1 aromatic carbocycles. The highest BCUT2D eigenvalue weighted by atomic mass is 19.1. The second-order valence-corrected chi connectivity index (χ2v) is 4.01. The predicted molar refractivity (Wildman–Crippen MR) is 74.6 cm³/mol. The Morgan fingerprint density at radius 1 is 1.25 bits per heavy atom. The zero-order valence-electron chi connectivity index (χ0n) is 11.2. The van der Waals surface area contributed by atoms with Gasteiger partial charge in [-0.15, -0.1) is 0 Å². The minimum atomic E-state index is -0.969. The lowest BCUT2D eigenvalue weighted by Crippen LogP contribution is -2.15. The SMILES string of the molecule is CCC.O=c1ccccn1-c1ccc([N+](=O)[O-])c(F)c1. The Balaban J connectivity index is 0.000000612. The van der Waals surface area contributed by atoms with Crippen LogP contribution in [-0.2, 0) is 0 Å². The smallest absolute Gasteiger partial charge is 0.284 e. The molecule has 0 aliphatic carbocycles. The molecule has 0 amide bonds. The maximum atomic E-state index is 13.4. The third kappa shape index (κ3) is 3.74. The summed E-state index contributed by atoms with van der Waals surface area (Å²) in [6.07, 6.45) is 2.71. The summed E-state index contributed by atoms with van der Waals surface area (Å²) >= 11 is 0. The molecule has 0 fully saturated rings. The van der Waals surface area contributed by atoms with Crippen LogP contribution < -0.4 is 5.56 Å². The number of benzene rings is 1. The lowest BCUT2D eigenvalue weighted by atomic mass is 10.2. The van der Waals surface area contributed by atoms with Crippen molar-refractivity contribution in [3.63, 3.8) is 0 Å². The quantitative estimate of drug-likeness (QED) is 0.625. The Labute approximate surface area is 115 Å². The molecule has 0 aliphatic rings. The summed E-state index contributed by atoms with van der Waals surface area (Å²) in [5.41, 5.74) is -0.697. The summed E-state index contributed by atoms with van der Waals surface area (Å²) in [5, 5.41) is 10.4. The Morgan fingerprint density at radius 2 is 1.90 bits per heavy atom. The monoisotopic (exact) mass is 278 g/mol. The van der Waals surface area contributed by atoms with Gasteiger partial charge in [0, 0.05) is 24.4 Å². The van der Waals surface area contributed by atoms with Gasteiger partial charge in [-0.05, 0) is 12.1 Å². The predicted octanol–water partition coefficient (Wildman–Crippen LogP) is 3.30. The van der Waals surface area contributed by atoms with E-state index in [0.717, 1.165) is 12.1 Å². The summed E-state index contributed by atoms with van der Waals surface area (Å²) < 4.78 is 14.6. The van der Waals surface area contributed by atoms with Crippen molar-refractivity contribution in [3.05, 3.63) is 68.9 Å². The molecule has 5 nitrogen and oxygen atoms in total. The number of pyridine rings is 1. The van der Waals surface area contributed by atoms with E-state index >= 15 is 0 Å². The third-order valence-corrected chi connectivity index (χ3v) is 2.23. The number of rotatable bonds is 2. The molecule has 0 saturated heterocycles. The van der Waals surface area contributed by atoms with Crippen LogP contribution in [0, 0.1) is 15.9 Å². The van der Waals surface area contributed by atoms with Gasteiger partial charge in [0.25, 0.3) is 5.56 Å². The van der Waals surface area contributed by atoms with Crippen molar-refractivity contribution in [2.45, 2.75) is 20.3 Å². The molecular weight excluding hydrogens is 263 g/mol. The molecule has 20 heavy (non-hydrogen) atoms. The van der Waals surface area contributed by atoms with Crippen molar-refractivity contribution < 1.29 is 9.31 Å². The zero-order chi connectivity index (χ0) is 15.1. The van der Waals surface area contributed by atoms with Crippen LogP contribution in [0.4, 0.5) is 10.1 Å². The number of hydrogen-bond donors (Lipinski definition) is 0. The average Bonchev–Trinajstić information content (AvgIpc) is 2.39. The van der Waals surface area contributed by atoms with Gasteiger partial charge >= 0.3 is 5.69 Å². The Kier molecular flexibility index (Phi) is 5.58. The minimum absolute atomic E-state index is 0.249. The van der Waals surface area contributed by atoms with Gasteiger partial charge in [0.1, 0.15) is 0 Å². The second-order valence-electron chi connectivity index (χ2n) is 4.01. The molecule has 0 N–H and O–H groups in total. The summed E-state index contributed by atoms with van der Waals surface area (Å²) in [6, 6.07) is 7.80. The largest absolute Gasteiger partial charge is 0.304 e. The van der Waals surface area contributed by atoms with Gasteiger partial charge in [0.2, 0.25) is 5.82 Å². The van der Waals surface area contributed by atoms with Crippen LogP contribution in [0.25, 0.3) is 5.69 Å². The molecule has 2 rings (SSSR count). The van der Waals surface area contributed by atoms with Crippen LogP contribution in [0.5, 0.6) is 0 Å². The highest BCUT2D eigenvalue weighted by Gasteiger charge is 2.14. The molecule has 0 radical (unpaired) electrons. The van der Waals surface area contributed by atoms with E-state index in [2.05, 4.69) is 13.8 Å². The van der Waals surface area contributed by atoms with Crippen molar-refractivity contribution in [2.75, 3.05) is 0 Å². The maximum Gasteiger partial charge on any atom is 0.304 e. The Hall–Kier alpha value is -2.50. The molecule has 0 bridgehead atoms. The lowest BCUT2D eigenvalue weighted by Gasteiger charge is -2.04. The van der Waals surface area contributed by atoms with Crippen molar-refractivity contribution in [1.29, 1.82) is 0 Å². The number of nitrogens with zero attached hydrogens (tertiary/aromatic N) is 2. The third-order valence-electron chi connectivity index (χ3n) is 2.23. The summed E-state index contributed by atoms with van der Waals surface area (Å²) in [6.45, 7) is 4.25. The van der Waals surface area contributed by atoms with E-state index in [4.69, 9.17) is 0 Å². The Bertz CT molecular complexity index is 653. The van der Waals surface area contributed by atoms with E-state index < -0.39 is 16.4 Å². The second kappa shape index (κ2) is 7.18. The highest BCUT2D eigenvalue weighted by Crippen LogP contribution is 2.19. The average molecular weight is 278 g/mol. The standard InChI is InChI=1S/C11H7FN2O3.C3H8/c12-9-7-8(4-5-10(9)14(16)17)13-6-2-1-3-11(13)15;1-3-2/h1-7H;3H2,1-2H3. The summed E-state index contributed by atoms with van der Waals surface area (Å²) in [4.78, 5) is 21.1. The van der Waals surface area contributed by atoms with E-state index in [-0.39, 0.29) is 11.2 Å². The molecule has 1 aromatic heterocycles. The molecule has 0 atom stereocenters. The Morgan fingerprint density at radius 3 is 2.40 bits per heavy atom. The number of aromatic nitrogens is 1. The van der Waals surface area contributed by atoms with Gasteiger partial charge < -0.3 is 0 Å². The van der Waals surface area contributed by atoms with E-state index in [1.807, 2.05) is 0 Å². The molecule has 2 aromatic rings. The summed E-state index contributed by atoms with van der Waals surface area (Å²) in [7, 11) is 0. The first kappa shape index (κ1) is 15.6. The first-order chi connectivity index (χ1) is 9.51. The van der Waals surface area contributed by atoms with Gasteiger partial charge in [-0.1, -0.05) is 26.3 Å². The van der Waals surface area contributed by atoms with Crippen LogP contribution in [0.2, 0.25) is 0 Å². The van der Waals surface area contributed by atoms with Crippen molar-refractivity contribution in [1.82, 2.24) is 4.57 Å². The number of halogens is 1. The topological polar surface area (TPSA) is 65.1 Å². The van der Waals surface area contributed by atoms with Crippen LogP contribution in [-0.4, -0.2) is 9.49 Å². The first-order valence-corrected chi connectivity index (χ1v) is 6.13. The van der Waals surface area contributed by atoms with Gasteiger partial charge in [0.15, 0.2) is 0 Å². The molecular formula is C14H15FN2O3. The summed E-state index contributed by atoms with van der Waals surface area (Å²) in [5.74, 6) is -0.969. The van der Waals surface area contributed by atoms with E-state index in [0.29, 0.717) is 0 Å². The fourth-order valence-corrected chi connectivity index (χ4v) is 1.43. The number of nitro benzene ring substituents is 1. The van der Waals surface area contributed by atoms with Gasteiger partial charge in [-0.25, -0.2) is 0 Å². The van der Waals surface area contributed by atoms with E-state index in [1.165, 1.54) is 29.3 Å². The van der Waals surface area contributed by atoms with Gasteiger partial charge in [-0.2, -0.15) is 4.39 Å². The van der Waals surface area contributed by atoms with E-state index in [1.54, 1.807) is 12.1 Å². The van der Waals surface area contributed by atoms with Crippen LogP contribution >= 0.6 is 0 Å². The van der Waals surface area contributed by atoms with Crippen LogP contribution in [0.3, 0.4) is 0 Å². The molecule has 106 valence electrons. The highest BCUT2D eigenvalue weighted by molar-refractivity contribution is 5.42. The first-order valence-electron chi connectivity index (χ1n) is 6.13. The maximum absolute atomic E-state index is 13.4. The van der Waals surface area contributed by atoms with Gasteiger partial charge in [-0.3, -0.25) is 19.5 Å². The van der Waals surface area contributed by atoms with Crippen molar-refractivity contribution >= 4 is 5.69 Å². The van der Waals surface area contributed by atoms with Crippen LogP contribution in [0.1, 0.15) is 20.3 Å². The normalized spacial score (nSPS) is 9.55. The molecule has 0 aliphatic heterocycles. The zero-order valence-corrected chi connectivity index (χ0v) is 11.2. The molecule has 1 heterocycles. The molecule has 0 spiro atoms. The van der Waals surface area contributed by atoms with Crippen molar-refractivity contribution in [3.8, 4) is 5.69 Å². The number of hydrogen-bond acceptors (Lipinski definition) is 3. The molecule has 6 heteroatoms. The number of nitro groups is 1. The van der Waals surface area contributed by atoms with E-state index in [9.17, 15) is 19.3 Å². The fourth-order valence-electron chi connectivity index (χ4n) is 1.43. The lowest BCUT2D eigenvalue weighted by molar-refractivity contribution is -0.387. The van der Waals surface area contributed by atoms with Gasteiger partial charge in [0.05, 0.1) is 10.6 Å². The minimum Gasteiger partial charge on any atom is -0.284 e.